The van der Waals surface area contributed by atoms with Crippen LogP contribution in [0.2, 0.25) is 0 Å². The Morgan fingerprint density at radius 3 is 2.63 bits per heavy atom. The third-order valence-electron chi connectivity index (χ3n) is 4.97. The van der Waals surface area contributed by atoms with E-state index in [1.54, 1.807) is 6.33 Å². The van der Waals surface area contributed by atoms with Crippen molar-refractivity contribution >= 4 is 23.4 Å². The van der Waals surface area contributed by atoms with Gasteiger partial charge in [-0.05, 0) is 50.5 Å². The number of carbonyl (C=O) groups excluding carboxylic acids is 1. The second-order valence-electron chi connectivity index (χ2n) is 6.92. The Labute approximate surface area is 163 Å². The van der Waals surface area contributed by atoms with Gasteiger partial charge in [0.15, 0.2) is 5.16 Å². The highest BCUT2D eigenvalue weighted by atomic mass is 32.2. The maximum atomic E-state index is 13.2. The van der Waals surface area contributed by atoms with Crippen molar-refractivity contribution in [2.45, 2.75) is 43.6 Å². The normalized spacial score (nSPS) is 17.0. The van der Waals surface area contributed by atoms with E-state index in [0.717, 1.165) is 28.5 Å². The van der Waals surface area contributed by atoms with E-state index in [4.69, 9.17) is 0 Å². The number of para-hydroxylation sites is 2. The summed E-state index contributed by atoms with van der Waals surface area (Å²) in [6, 6.07) is 16.4. The Morgan fingerprint density at radius 2 is 1.85 bits per heavy atom. The van der Waals surface area contributed by atoms with Crippen LogP contribution in [0.25, 0.3) is 5.69 Å². The summed E-state index contributed by atoms with van der Waals surface area (Å²) < 4.78 is 1.95. The molecule has 1 amide bonds. The van der Waals surface area contributed by atoms with Crippen molar-refractivity contribution in [1.82, 2.24) is 14.8 Å². The molecule has 0 aliphatic carbocycles. The van der Waals surface area contributed by atoms with Crippen LogP contribution < -0.4 is 4.90 Å². The number of aromatic nitrogens is 3. The van der Waals surface area contributed by atoms with E-state index in [0.29, 0.717) is 0 Å². The Bertz CT molecular complexity index is 984. The van der Waals surface area contributed by atoms with Crippen LogP contribution in [-0.2, 0) is 11.2 Å². The van der Waals surface area contributed by atoms with E-state index in [-0.39, 0.29) is 17.2 Å². The second kappa shape index (κ2) is 7.19. The second-order valence-corrected chi connectivity index (χ2v) is 8.23. The minimum absolute atomic E-state index is 0.108. The van der Waals surface area contributed by atoms with Gasteiger partial charge in [-0.3, -0.25) is 9.36 Å². The van der Waals surface area contributed by atoms with Crippen molar-refractivity contribution in [3.63, 3.8) is 0 Å². The monoisotopic (exact) mass is 378 g/mol. The van der Waals surface area contributed by atoms with Gasteiger partial charge in [0, 0.05) is 11.7 Å². The number of fused-ring (bicyclic) bond motifs is 1. The molecule has 138 valence electrons. The molecule has 6 heteroatoms. The molecule has 3 aromatic rings. The predicted molar refractivity (Wildman–Crippen MR) is 109 cm³/mol. The summed E-state index contributed by atoms with van der Waals surface area (Å²) in [4.78, 5) is 15.1. The number of hydrogen-bond donors (Lipinski definition) is 0. The van der Waals surface area contributed by atoms with Crippen molar-refractivity contribution in [2.75, 3.05) is 4.90 Å². The average molecular weight is 379 g/mol. The predicted octanol–water partition coefficient (Wildman–Crippen LogP) is 4.03. The molecule has 0 fully saturated rings. The summed E-state index contributed by atoms with van der Waals surface area (Å²) in [7, 11) is 0. The summed E-state index contributed by atoms with van der Waals surface area (Å²) in [6.45, 7) is 6.10. The first kappa shape index (κ1) is 17.8. The zero-order chi connectivity index (χ0) is 19.0. The van der Waals surface area contributed by atoms with Crippen LogP contribution >= 0.6 is 11.8 Å². The van der Waals surface area contributed by atoms with Crippen molar-refractivity contribution < 1.29 is 4.79 Å². The fourth-order valence-corrected chi connectivity index (χ4v) is 4.49. The molecule has 2 heterocycles. The highest BCUT2D eigenvalue weighted by Gasteiger charge is 2.33. The maximum Gasteiger partial charge on any atom is 0.240 e. The van der Waals surface area contributed by atoms with Gasteiger partial charge in [0.1, 0.15) is 6.33 Å². The van der Waals surface area contributed by atoms with Gasteiger partial charge in [-0.1, -0.05) is 48.2 Å². The SMILES string of the molecule is Cc1ccccc1-n1cnnc1SC(C)C(=O)N1c2ccccc2CC1C. The Kier molecular flexibility index (Phi) is 4.74. The Hall–Kier alpha value is -2.60. The molecule has 0 N–H and O–H groups in total. The van der Waals surface area contributed by atoms with Crippen LogP contribution in [-0.4, -0.2) is 32.0 Å². The summed E-state index contributed by atoms with van der Waals surface area (Å²) in [5.41, 5.74) is 4.44. The zero-order valence-electron chi connectivity index (χ0n) is 15.7. The lowest BCUT2D eigenvalue weighted by atomic mass is 10.1. The molecule has 2 unspecified atom stereocenters. The van der Waals surface area contributed by atoms with Crippen LogP contribution in [0.4, 0.5) is 5.69 Å². The number of anilines is 1. The van der Waals surface area contributed by atoms with Crippen LogP contribution in [0.15, 0.2) is 60.0 Å². The fraction of sp³-hybridized carbons (Fsp3) is 0.286. The summed E-state index contributed by atoms with van der Waals surface area (Å²) in [5, 5.41) is 8.79. The maximum absolute atomic E-state index is 13.2. The van der Waals surface area contributed by atoms with Gasteiger partial charge in [0.05, 0.1) is 10.9 Å². The molecule has 2 aromatic carbocycles. The zero-order valence-corrected chi connectivity index (χ0v) is 16.5. The van der Waals surface area contributed by atoms with Gasteiger partial charge in [-0.25, -0.2) is 0 Å². The molecule has 1 aliphatic heterocycles. The van der Waals surface area contributed by atoms with E-state index >= 15 is 0 Å². The van der Waals surface area contributed by atoms with Crippen LogP contribution in [0.1, 0.15) is 25.0 Å². The first-order chi connectivity index (χ1) is 13.1. The highest BCUT2D eigenvalue weighted by Crippen LogP contribution is 2.35. The fourth-order valence-electron chi connectivity index (χ4n) is 3.61. The number of carbonyl (C=O) groups is 1. The van der Waals surface area contributed by atoms with Crippen molar-refractivity contribution in [2.24, 2.45) is 0 Å². The third kappa shape index (κ3) is 3.25. The Morgan fingerprint density at radius 1 is 1.15 bits per heavy atom. The van der Waals surface area contributed by atoms with E-state index in [1.165, 1.54) is 17.3 Å². The van der Waals surface area contributed by atoms with E-state index in [2.05, 4.69) is 36.2 Å². The van der Waals surface area contributed by atoms with Gasteiger partial charge in [0.2, 0.25) is 5.91 Å². The lowest BCUT2D eigenvalue weighted by Gasteiger charge is -2.25. The summed E-state index contributed by atoms with van der Waals surface area (Å²) in [5.74, 6) is 0.108. The van der Waals surface area contributed by atoms with Crippen LogP contribution in [0.5, 0.6) is 0 Å². The number of rotatable bonds is 4. The van der Waals surface area contributed by atoms with Gasteiger partial charge >= 0.3 is 0 Å². The molecule has 5 nitrogen and oxygen atoms in total. The first-order valence-electron chi connectivity index (χ1n) is 9.10. The highest BCUT2D eigenvalue weighted by molar-refractivity contribution is 8.00. The van der Waals surface area contributed by atoms with Crippen LogP contribution in [0.3, 0.4) is 0 Å². The molecule has 1 aromatic heterocycles. The lowest BCUT2D eigenvalue weighted by molar-refractivity contribution is -0.118. The van der Waals surface area contributed by atoms with Crippen molar-refractivity contribution in [3.05, 3.63) is 66.0 Å². The molecule has 4 rings (SSSR count). The molecular formula is C21H22N4OS. The molecule has 2 atom stereocenters. The number of benzene rings is 2. The third-order valence-corrected chi connectivity index (χ3v) is 6.01. The standard InChI is InChI=1S/C21H22N4OS/c1-14-8-4-6-10-18(14)24-13-22-23-21(24)27-16(3)20(26)25-15(2)12-17-9-5-7-11-19(17)25/h4-11,13,15-16H,12H2,1-3H3. The quantitative estimate of drug-likeness (QED) is 0.643. The minimum atomic E-state index is -0.259. The number of hydrogen-bond acceptors (Lipinski definition) is 4. The van der Waals surface area contributed by atoms with Crippen molar-refractivity contribution in [1.29, 1.82) is 0 Å². The molecule has 0 saturated carbocycles. The topological polar surface area (TPSA) is 51.0 Å². The van der Waals surface area contributed by atoms with Gasteiger partial charge in [-0.15, -0.1) is 10.2 Å². The average Bonchev–Trinajstić information content (AvgIpc) is 3.24. The summed E-state index contributed by atoms with van der Waals surface area (Å²) in [6.07, 6.45) is 2.61. The molecule has 27 heavy (non-hydrogen) atoms. The van der Waals surface area contributed by atoms with Gasteiger partial charge in [0.25, 0.3) is 0 Å². The van der Waals surface area contributed by atoms with Gasteiger partial charge in [-0.2, -0.15) is 0 Å². The van der Waals surface area contributed by atoms with E-state index < -0.39 is 0 Å². The van der Waals surface area contributed by atoms with E-state index in [9.17, 15) is 4.79 Å². The molecule has 0 radical (unpaired) electrons. The molecular weight excluding hydrogens is 356 g/mol. The number of thioether (sulfide) groups is 1. The molecule has 0 spiro atoms. The lowest BCUT2D eigenvalue weighted by Crippen LogP contribution is -2.40. The summed E-state index contributed by atoms with van der Waals surface area (Å²) >= 11 is 1.45. The van der Waals surface area contributed by atoms with Crippen LogP contribution in [0, 0.1) is 6.92 Å². The Balaban J connectivity index is 1.57. The first-order valence-corrected chi connectivity index (χ1v) is 9.98. The number of nitrogens with zero attached hydrogens (tertiary/aromatic N) is 4. The smallest absolute Gasteiger partial charge is 0.240 e. The number of amides is 1. The van der Waals surface area contributed by atoms with Gasteiger partial charge < -0.3 is 4.90 Å². The minimum Gasteiger partial charge on any atom is -0.308 e. The molecule has 1 aliphatic rings. The molecule has 0 bridgehead atoms. The van der Waals surface area contributed by atoms with E-state index in [1.807, 2.05) is 52.8 Å². The largest absolute Gasteiger partial charge is 0.308 e. The van der Waals surface area contributed by atoms with Crippen molar-refractivity contribution in [3.8, 4) is 5.69 Å². The number of aryl methyl sites for hydroxylation is 1. The molecule has 0 saturated heterocycles.